The molecular formula is C62H140Cl2Li2O16Si12. The maximum Gasteiger partial charge on any atom is 1.00 e. The first-order chi connectivity index (χ1) is 40.7. The van der Waals surface area contributed by atoms with Crippen LogP contribution >= 0.6 is 22.2 Å². The molecule has 0 atom stereocenters. The van der Waals surface area contributed by atoms with Gasteiger partial charge in [-0.3, -0.25) is 0 Å². The molecule has 16 nitrogen and oxygen atoms in total. The molecule has 0 aliphatic rings. The van der Waals surface area contributed by atoms with Crippen LogP contribution < -0.4 is 47.3 Å². The summed E-state index contributed by atoms with van der Waals surface area (Å²) in [6, 6.07) is 6.19. The molecule has 0 heterocycles. The van der Waals surface area contributed by atoms with Crippen LogP contribution in [0.4, 0.5) is 0 Å². The number of carbonyl (C=O) groups excluding carboxylic acids is 4. The third-order valence-electron chi connectivity index (χ3n) is 11.5. The predicted octanol–water partition coefficient (Wildman–Crippen LogP) is 12.6. The van der Waals surface area contributed by atoms with Crippen molar-refractivity contribution in [3.05, 3.63) is 48.6 Å². The van der Waals surface area contributed by atoms with Crippen LogP contribution in [0.25, 0.3) is 0 Å². The second kappa shape index (κ2) is 51.9. The van der Waals surface area contributed by atoms with E-state index in [1.807, 2.05) is 19.6 Å². The Morgan fingerprint density at radius 1 is 0.319 bits per heavy atom. The van der Waals surface area contributed by atoms with E-state index in [0.29, 0.717) is 48.7 Å². The first kappa shape index (κ1) is 111. The number of hydrogen-bond acceptors (Lipinski definition) is 16. The molecule has 0 unspecified atom stereocenters. The molecule has 0 radical (unpaired) electrons. The second-order valence-electron chi connectivity index (χ2n) is 31.2. The topological polar surface area (TPSA) is 207 Å². The Labute approximate surface area is 624 Å². The summed E-state index contributed by atoms with van der Waals surface area (Å²) in [6.45, 7) is 81.1. The van der Waals surface area contributed by atoms with Crippen molar-refractivity contribution in [2.45, 2.75) is 299 Å². The molecule has 0 saturated heterocycles. The molecule has 0 aromatic carbocycles. The SMILES string of the molecule is C=C(C)C(=O)OCCC[Si](C)(C)Cl.C=C(C)C(=O)OCCC[Si](C)(C)Cl.C=C(C)C(=O)OCCC[Si](C)(C)O[Si](C)(C)O[Si](C)(C)C.C=C(C)C(=O)OCCC[Si](C)(C)O[Si](C)(C)O[Si](C)(C)CCCC.CCCC[Si](C)(C)O[Si](C)(C)[O-].C[Si](C)(C)O[Si](C)(C)[O-].[Li+].[Li+]. The van der Waals surface area contributed by atoms with Crippen LogP contribution in [-0.4, -0.2) is 149 Å². The van der Waals surface area contributed by atoms with Gasteiger partial charge in [-0.25, -0.2) is 19.2 Å². The minimum atomic E-state index is -2.53. The summed E-state index contributed by atoms with van der Waals surface area (Å²) in [7, 11) is -22.2. The molecule has 0 N–H and O–H groups in total. The standard InChI is InChI=1S/C17H38O4Si3.C14H32O4Si3.2C9H17ClO2Si.C8H21O2Si2.C5H15O2Si2.2Li/c1-10-11-14-22(4,5)20-24(8,9)21-23(6,7)15-12-13-19-17(18)16(2)3;1-13(2)14(15)16-11-10-12-20(6,7)18-21(8,9)17-19(3,4)5;2*1-8(2)9(11)12-6-5-7-13(3,4)10;1-6-7-8-11(2,3)10-12(4,5)9;1-8(2,3)7-9(4,5)6;;/h2,10-15H2,1,3-9H3;1,10-12H2,2-9H3;2*1,5-7H2,2-4H3;6-8H2,1-5H3;1-5H3;;/q;;;;2*-1;2*+1. The van der Waals surface area contributed by atoms with Gasteiger partial charge in [0.1, 0.15) is 0 Å². The molecule has 0 amide bonds. The van der Waals surface area contributed by atoms with E-state index in [9.17, 15) is 28.8 Å². The van der Waals surface area contributed by atoms with E-state index in [2.05, 4.69) is 165 Å². The van der Waals surface area contributed by atoms with Gasteiger partial charge in [0, 0.05) is 22.3 Å². The quantitative estimate of drug-likeness (QED) is 0.0141. The van der Waals surface area contributed by atoms with Gasteiger partial charge in [0.2, 0.25) is 0 Å². The Balaban J connectivity index is -0.000000162. The maximum absolute atomic E-state index is 11.4. The van der Waals surface area contributed by atoms with Gasteiger partial charge in [-0.1, -0.05) is 118 Å². The molecule has 0 aromatic heterocycles. The molecule has 0 spiro atoms. The smallest absolute Gasteiger partial charge is 0.839 e. The van der Waals surface area contributed by atoms with Crippen LogP contribution in [0.3, 0.4) is 0 Å². The summed E-state index contributed by atoms with van der Waals surface area (Å²) in [6.07, 6.45) is 8.20. The van der Waals surface area contributed by atoms with E-state index in [1.54, 1.807) is 53.9 Å². The Hall–Kier alpha value is 0.897. The molecule has 0 aliphatic carbocycles. The summed E-state index contributed by atoms with van der Waals surface area (Å²) in [5, 5.41) is 0. The van der Waals surface area contributed by atoms with Crippen LogP contribution in [0.1, 0.15) is 92.9 Å². The van der Waals surface area contributed by atoms with Gasteiger partial charge in [-0.2, -0.15) is 22.2 Å². The molecule has 0 aromatic rings. The Morgan fingerprint density at radius 2 is 0.511 bits per heavy atom. The average molecular weight is 1560 g/mol. The summed E-state index contributed by atoms with van der Waals surface area (Å²) >= 11 is 12.2. The Bertz CT molecular complexity index is 2100. The number of esters is 4. The van der Waals surface area contributed by atoms with E-state index >= 15 is 0 Å². The first-order valence-corrected chi connectivity index (χ1v) is 72.0. The summed E-state index contributed by atoms with van der Waals surface area (Å²) in [5.41, 5.74) is 1.79. The molecule has 94 heavy (non-hydrogen) atoms. The fourth-order valence-corrected chi connectivity index (χ4v) is 51.7. The third kappa shape index (κ3) is 87.1. The third-order valence-corrected chi connectivity index (χ3v) is 47.4. The normalized spacial score (nSPS) is 12.4. The van der Waals surface area contributed by atoms with E-state index in [-0.39, 0.29) is 61.6 Å². The van der Waals surface area contributed by atoms with Crippen LogP contribution in [-0.2, 0) is 62.8 Å². The second-order valence-corrected chi connectivity index (χ2v) is 85.8. The zero-order valence-electron chi connectivity index (χ0n) is 66.8. The van der Waals surface area contributed by atoms with Crippen molar-refractivity contribution in [1.29, 1.82) is 0 Å². The number of unbranched alkanes of at least 4 members (excludes halogenated alkanes) is 2. The molecule has 0 rings (SSSR count). The number of rotatable bonds is 38. The fraction of sp³-hybridized carbons (Fsp3) is 0.806. The minimum absolute atomic E-state index is 0. The zero-order valence-corrected chi connectivity index (χ0v) is 80.4. The fourth-order valence-electron chi connectivity index (χ4n) is 8.72. The number of carbonyl (C=O) groups is 4. The molecule has 0 bridgehead atoms. The Morgan fingerprint density at radius 3 is 0.681 bits per heavy atom. The van der Waals surface area contributed by atoms with Crippen LogP contribution in [0, 0.1) is 0 Å². The van der Waals surface area contributed by atoms with Crippen molar-refractivity contribution in [3.8, 4) is 0 Å². The summed E-state index contributed by atoms with van der Waals surface area (Å²) < 4.78 is 56.8. The molecule has 0 saturated carbocycles. The number of hydrogen-bond donors (Lipinski definition) is 0. The van der Waals surface area contributed by atoms with E-state index in [0.717, 1.165) is 55.9 Å². The van der Waals surface area contributed by atoms with Crippen molar-refractivity contribution in [1.82, 2.24) is 0 Å². The van der Waals surface area contributed by atoms with Gasteiger partial charge in [-0.15, -0.1) is 0 Å². The van der Waals surface area contributed by atoms with Gasteiger partial charge in [0.15, 0.2) is 64.7 Å². The average Bonchev–Trinajstić information content (AvgIpc) is 0.869. The van der Waals surface area contributed by atoms with E-state index in [4.69, 9.17) is 65.8 Å². The minimum Gasteiger partial charge on any atom is -0.839 e. The molecule has 548 valence electrons. The van der Waals surface area contributed by atoms with Crippen molar-refractivity contribution < 1.29 is 110 Å². The molecule has 0 fully saturated rings. The summed E-state index contributed by atoms with van der Waals surface area (Å²) in [5.74, 6) is -1.24. The Kier molecular flexibility index (Phi) is 61.2. The van der Waals surface area contributed by atoms with Crippen molar-refractivity contribution in [2.24, 2.45) is 0 Å². The van der Waals surface area contributed by atoms with Gasteiger partial charge in [0.25, 0.3) is 0 Å². The van der Waals surface area contributed by atoms with Crippen LogP contribution in [0.2, 0.25) is 206 Å². The predicted molar refractivity (Wildman–Crippen MR) is 420 cm³/mol. The van der Waals surface area contributed by atoms with E-state index < -0.39 is 98.9 Å². The number of ether oxygens (including phenoxy) is 4. The van der Waals surface area contributed by atoms with E-state index in [1.165, 1.54) is 31.7 Å². The molecule has 32 heteroatoms. The van der Waals surface area contributed by atoms with Crippen LogP contribution in [0.15, 0.2) is 48.6 Å². The van der Waals surface area contributed by atoms with Crippen molar-refractivity contribution in [3.63, 3.8) is 0 Å². The number of halogens is 2. The first-order valence-electron chi connectivity index (χ1n) is 33.0. The largest absolute Gasteiger partial charge is 1.00 e. The van der Waals surface area contributed by atoms with Gasteiger partial charge in [-0.05, 0) is 207 Å². The zero-order chi connectivity index (χ0) is 74.4. The van der Waals surface area contributed by atoms with Gasteiger partial charge >= 0.3 is 78.7 Å². The van der Waals surface area contributed by atoms with Crippen LogP contribution in [0.5, 0.6) is 0 Å². The molecular weight excluding hydrogens is 1420 g/mol. The maximum atomic E-state index is 11.4. The van der Waals surface area contributed by atoms with Crippen molar-refractivity contribution in [2.75, 3.05) is 26.4 Å². The summed E-state index contributed by atoms with van der Waals surface area (Å²) in [4.78, 5) is 67.0. The molecule has 0 aliphatic heterocycles. The van der Waals surface area contributed by atoms with Gasteiger partial charge in [0.05, 0.1) is 43.5 Å². The monoisotopic (exact) mass is 1560 g/mol. The van der Waals surface area contributed by atoms with Crippen molar-refractivity contribution >= 4 is 145 Å². The van der Waals surface area contributed by atoms with Gasteiger partial charge < -0.3 is 53.2 Å².